The fraction of sp³-hybridized carbons (Fsp3) is 0.562. The zero-order valence-electron chi connectivity index (χ0n) is 12.6. The van der Waals surface area contributed by atoms with E-state index in [2.05, 4.69) is 19.2 Å². The summed E-state index contributed by atoms with van der Waals surface area (Å²) in [5, 5.41) is 2.95. The highest BCUT2D eigenvalue weighted by Crippen LogP contribution is 2.22. The van der Waals surface area contributed by atoms with Crippen LogP contribution in [0.4, 0.5) is 10.5 Å². The van der Waals surface area contributed by atoms with Gasteiger partial charge in [0.05, 0.1) is 6.61 Å². The van der Waals surface area contributed by atoms with E-state index in [4.69, 9.17) is 4.74 Å². The van der Waals surface area contributed by atoms with Gasteiger partial charge in [-0.2, -0.15) is 0 Å². The SMILES string of the molecule is CCOc1ccc(NC(=O)N2CC(C)CC(C)C2)cc1. The van der Waals surface area contributed by atoms with Crippen LogP contribution in [-0.2, 0) is 0 Å². The van der Waals surface area contributed by atoms with Crippen molar-refractivity contribution < 1.29 is 9.53 Å². The lowest BCUT2D eigenvalue weighted by Crippen LogP contribution is -2.44. The van der Waals surface area contributed by atoms with Gasteiger partial charge in [0, 0.05) is 18.8 Å². The van der Waals surface area contributed by atoms with Crippen LogP contribution >= 0.6 is 0 Å². The highest BCUT2D eigenvalue weighted by atomic mass is 16.5. The molecule has 0 spiro atoms. The Balaban J connectivity index is 1.93. The molecule has 0 saturated carbocycles. The van der Waals surface area contributed by atoms with E-state index in [-0.39, 0.29) is 6.03 Å². The molecule has 4 heteroatoms. The van der Waals surface area contributed by atoms with Gasteiger partial charge in [0.1, 0.15) is 5.75 Å². The first-order valence-corrected chi connectivity index (χ1v) is 7.37. The average Bonchev–Trinajstić information content (AvgIpc) is 2.40. The molecule has 0 aliphatic carbocycles. The van der Waals surface area contributed by atoms with E-state index in [9.17, 15) is 4.79 Å². The van der Waals surface area contributed by atoms with Gasteiger partial charge in [0.15, 0.2) is 0 Å². The van der Waals surface area contributed by atoms with Crippen molar-refractivity contribution in [2.24, 2.45) is 11.8 Å². The monoisotopic (exact) mass is 276 g/mol. The molecule has 20 heavy (non-hydrogen) atoms. The average molecular weight is 276 g/mol. The van der Waals surface area contributed by atoms with Crippen LogP contribution in [0.1, 0.15) is 27.2 Å². The molecule has 1 aliphatic rings. The number of hydrogen-bond donors (Lipinski definition) is 1. The molecule has 0 bridgehead atoms. The summed E-state index contributed by atoms with van der Waals surface area (Å²) in [6.45, 7) is 8.68. The number of urea groups is 1. The van der Waals surface area contributed by atoms with Crippen LogP contribution in [-0.4, -0.2) is 30.6 Å². The Morgan fingerprint density at radius 1 is 1.25 bits per heavy atom. The lowest BCUT2D eigenvalue weighted by atomic mass is 9.92. The Kier molecular flexibility index (Phi) is 4.88. The van der Waals surface area contributed by atoms with Crippen molar-refractivity contribution in [2.45, 2.75) is 27.2 Å². The number of rotatable bonds is 3. The summed E-state index contributed by atoms with van der Waals surface area (Å²) in [4.78, 5) is 14.2. The molecular formula is C16H24N2O2. The molecule has 1 aliphatic heterocycles. The Morgan fingerprint density at radius 3 is 2.40 bits per heavy atom. The second-order valence-corrected chi connectivity index (χ2v) is 5.74. The van der Waals surface area contributed by atoms with Crippen molar-refractivity contribution in [1.82, 2.24) is 4.90 Å². The van der Waals surface area contributed by atoms with Gasteiger partial charge < -0.3 is 15.0 Å². The third-order valence-corrected chi connectivity index (χ3v) is 3.57. The molecule has 2 atom stereocenters. The predicted octanol–water partition coefficient (Wildman–Crippen LogP) is 3.60. The second kappa shape index (κ2) is 6.64. The van der Waals surface area contributed by atoms with Gasteiger partial charge in [0.2, 0.25) is 0 Å². The molecule has 1 heterocycles. The molecule has 4 nitrogen and oxygen atoms in total. The van der Waals surface area contributed by atoms with Gasteiger partial charge in [-0.05, 0) is 49.4 Å². The number of likely N-dealkylation sites (tertiary alicyclic amines) is 1. The number of anilines is 1. The minimum atomic E-state index is -0.00689. The quantitative estimate of drug-likeness (QED) is 0.916. The lowest BCUT2D eigenvalue weighted by molar-refractivity contribution is 0.156. The summed E-state index contributed by atoms with van der Waals surface area (Å²) in [5.41, 5.74) is 0.810. The summed E-state index contributed by atoms with van der Waals surface area (Å²) in [7, 11) is 0. The normalized spacial score (nSPS) is 22.4. The third kappa shape index (κ3) is 3.89. The first-order chi connectivity index (χ1) is 9.58. The Hall–Kier alpha value is -1.71. The molecule has 1 aromatic carbocycles. The van der Waals surface area contributed by atoms with Gasteiger partial charge in [0.25, 0.3) is 0 Å². The van der Waals surface area contributed by atoms with Gasteiger partial charge in [-0.15, -0.1) is 0 Å². The van der Waals surface area contributed by atoms with Crippen molar-refractivity contribution >= 4 is 11.7 Å². The van der Waals surface area contributed by atoms with E-state index >= 15 is 0 Å². The predicted molar refractivity (Wildman–Crippen MR) is 81.1 cm³/mol. The van der Waals surface area contributed by atoms with E-state index in [1.54, 1.807) is 0 Å². The van der Waals surface area contributed by atoms with Gasteiger partial charge in [-0.3, -0.25) is 0 Å². The molecule has 2 rings (SSSR count). The maximum absolute atomic E-state index is 12.3. The van der Waals surface area contributed by atoms with E-state index < -0.39 is 0 Å². The summed E-state index contributed by atoms with van der Waals surface area (Å²) in [6, 6.07) is 7.49. The largest absolute Gasteiger partial charge is 0.494 e. The first-order valence-electron chi connectivity index (χ1n) is 7.37. The molecule has 1 saturated heterocycles. The van der Waals surface area contributed by atoms with Crippen LogP contribution in [0.5, 0.6) is 5.75 Å². The van der Waals surface area contributed by atoms with Crippen molar-refractivity contribution in [3.63, 3.8) is 0 Å². The number of carbonyl (C=O) groups is 1. The van der Waals surface area contributed by atoms with Crippen LogP contribution in [0.25, 0.3) is 0 Å². The van der Waals surface area contributed by atoms with Crippen LogP contribution in [0.2, 0.25) is 0 Å². The summed E-state index contributed by atoms with van der Waals surface area (Å²) in [5.74, 6) is 1.97. The van der Waals surface area contributed by atoms with E-state index in [0.29, 0.717) is 18.4 Å². The second-order valence-electron chi connectivity index (χ2n) is 5.74. The number of hydrogen-bond acceptors (Lipinski definition) is 2. The number of amides is 2. The summed E-state index contributed by atoms with van der Waals surface area (Å²) >= 11 is 0. The van der Waals surface area contributed by atoms with Crippen LogP contribution < -0.4 is 10.1 Å². The number of nitrogens with one attached hydrogen (secondary N) is 1. The molecule has 1 N–H and O–H groups in total. The highest BCUT2D eigenvalue weighted by molar-refractivity contribution is 5.89. The molecule has 2 amide bonds. The summed E-state index contributed by atoms with van der Waals surface area (Å²) < 4.78 is 5.39. The van der Waals surface area contributed by atoms with Gasteiger partial charge in [-0.1, -0.05) is 13.8 Å². The molecule has 1 aromatic rings. The van der Waals surface area contributed by atoms with Crippen LogP contribution in [0.3, 0.4) is 0 Å². The third-order valence-electron chi connectivity index (χ3n) is 3.57. The van der Waals surface area contributed by atoms with Crippen molar-refractivity contribution in [3.05, 3.63) is 24.3 Å². The van der Waals surface area contributed by atoms with Gasteiger partial charge >= 0.3 is 6.03 Å². The Bertz CT molecular complexity index is 434. The minimum absolute atomic E-state index is 0.00689. The molecule has 0 aromatic heterocycles. The van der Waals surface area contributed by atoms with E-state index in [1.807, 2.05) is 36.1 Å². The van der Waals surface area contributed by atoms with Crippen LogP contribution in [0, 0.1) is 11.8 Å². The lowest BCUT2D eigenvalue weighted by Gasteiger charge is -2.34. The summed E-state index contributed by atoms with van der Waals surface area (Å²) in [6.07, 6.45) is 1.20. The molecule has 1 fully saturated rings. The van der Waals surface area contributed by atoms with Crippen molar-refractivity contribution in [1.29, 1.82) is 0 Å². The molecule has 110 valence electrons. The van der Waals surface area contributed by atoms with Crippen LogP contribution in [0.15, 0.2) is 24.3 Å². The first kappa shape index (κ1) is 14.7. The Labute approximate surface area is 121 Å². The molecular weight excluding hydrogens is 252 g/mol. The molecule has 0 radical (unpaired) electrons. The maximum atomic E-state index is 12.3. The number of ether oxygens (including phenoxy) is 1. The van der Waals surface area contributed by atoms with Gasteiger partial charge in [-0.25, -0.2) is 4.79 Å². The van der Waals surface area contributed by atoms with Crippen molar-refractivity contribution in [2.75, 3.05) is 25.0 Å². The fourth-order valence-electron chi connectivity index (χ4n) is 2.83. The standard InChI is InChI=1S/C16H24N2O2/c1-4-20-15-7-5-14(6-8-15)17-16(19)18-10-12(2)9-13(3)11-18/h5-8,12-13H,4,9-11H2,1-3H3,(H,17,19). The Morgan fingerprint density at radius 2 is 1.85 bits per heavy atom. The zero-order chi connectivity index (χ0) is 14.5. The zero-order valence-corrected chi connectivity index (χ0v) is 12.6. The number of carbonyl (C=O) groups excluding carboxylic acids is 1. The van der Waals surface area contributed by atoms with E-state index in [1.165, 1.54) is 6.42 Å². The minimum Gasteiger partial charge on any atom is -0.494 e. The van der Waals surface area contributed by atoms with Crippen molar-refractivity contribution in [3.8, 4) is 5.75 Å². The topological polar surface area (TPSA) is 41.6 Å². The number of nitrogens with zero attached hydrogens (tertiary/aromatic N) is 1. The highest BCUT2D eigenvalue weighted by Gasteiger charge is 2.25. The number of benzene rings is 1. The maximum Gasteiger partial charge on any atom is 0.321 e. The molecule has 2 unspecified atom stereocenters. The van der Waals surface area contributed by atoms with E-state index in [0.717, 1.165) is 24.5 Å². The number of piperidine rings is 1. The fourth-order valence-corrected chi connectivity index (χ4v) is 2.83. The smallest absolute Gasteiger partial charge is 0.321 e.